The maximum Gasteiger partial charge on any atom is 0.0571 e. The Labute approximate surface area is 63.4 Å². The lowest BCUT2D eigenvalue weighted by Crippen LogP contribution is -2.48. The molecule has 0 aromatic heterocycles. The second-order valence-electron chi connectivity index (χ2n) is 3.70. The summed E-state index contributed by atoms with van der Waals surface area (Å²) in [4.78, 5) is 2.24. The molecule has 60 valence electrons. The Morgan fingerprint density at radius 2 is 1.90 bits per heavy atom. The van der Waals surface area contributed by atoms with E-state index in [4.69, 9.17) is 5.73 Å². The molecule has 2 heteroatoms. The third-order valence-corrected chi connectivity index (χ3v) is 2.73. The normalized spacial score (nSPS) is 43.8. The molecule has 1 aliphatic heterocycles. The maximum absolute atomic E-state index is 5.86. The van der Waals surface area contributed by atoms with Crippen LogP contribution in [0.1, 0.15) is 20.3 Å². The van der Waals surface area contributed by atoms with Gasteiger partial charge < -0.3 is 5.73 Å². The lowest BCUT2D eigenvalue weighted by molar-refractivity contribution is 0.105. The molecule has 3 atom stereocenters. The van der Waals surface area contributed by atoms with Crippen LogP contribution in [0.4, 0.5) is 0 Å². The summed E-state index contributed by atoms with van der Waals surface area (Å²) >= 11 is 0. The van der Waals surface area contributed by atoms with Crippen molar-refractivity contribution in [2.24, 2.45) is 17.6 Å². The van der Waals surface area contributed by atoms with Crippen LogP contribution in [0, 0.1) is 11.8 Å². The van der Waals surface area contributed by atoms with Crippen LogP contribution in [0.2, 0.25) is 0 Å². The van der Waals surface area contributed by atoms with Gasteiger partial charge in [-0.25, -0.2) is 0 Å². The van der Waals surface area contributed by atoms with Gasteiger partial charge in [-0.15, -0.1) is 0 Å². The molecule has 0 saturated carbocycles. The first-order valence-corrected chi connectivity index (χ1v) is 4.07. The predicted molar refractivity (Wildman–Crippen MR) is 43.6 cm³/mol. The maximum atomic E-state index is 5.86. The molecule has 1 rings (SSSR count). The summed E-state index contributed by atoms with van der Waals surface area (Å²) in [6, 6.07) is 0. The minimum atomic E-state index is 0.297. The molecule has 10 heavy (non-hydrogen) atoms. The molecule has 1 heterocycles. The van der Waals surface area contributed by atoms with E-state index in [9.17, 15) is 0 Å². The van der Waals surface area contributed by atoms with E-state index in [-0.39, 0.29) is 0 Å². The predicted octanol–water partition coefficient (Wildman–Crippen LogP) is 0.879. The minimum Gasteiger partial charge on any atom is -0.316 e. The molecule has 0 aromatic rings. The second-order valence-corrected chi connectivity index (χ2v) is 3.70. The Balaban J connectivity index is 2.46. The summed E-state index contributed by atoms with van der Waals surface area (Å²) in [7, 11) is 2.10. The van der Waals surface area contributed by atoms with Crippen LogP contribution in [-0.2, 0) is 0 Å². The Kier molecular flexibility index (Phi) is 2.32. The highest BCUT2D eigenvalue weighted by atomic mass is 15.2. The molecule has 0 radical (unpaired) electrons. The summed E-state index contributed by atoms with van der Waals surface area (Å²) in [5.74, 6) is 1.61. The highest BCUT2D eigenvalue weighted by Gasteiger charge is 2.25. The molecule has 1 aliphatic rings. The van der Waals surface area contributed by atoms with E-state index in [0.717, 1.165) is 24.8 Å². The van der Waals surface area contributed by atoms with Gasteiger partial charge in [0, 0.05) is 6.54 Å². The first-order chi connectivity index (χ1) is 4.61. The number of nitrogens with two attached hydrogens (primary N) is 1. The standard InChI is InChI=1S/C8H18N2/c1-6-4-8(9)10(3)5-7(6)2/h6-8H,4-5,9H2,1-3H3. The van der Waals surface area contributed by atoms with Crippen LogP contribution in [-0.4, -0.2) is 24.7 Å². The van der Waals surface area contributed by atoms with Crippen molar-refractivity contribution in [2.45, 2.75) is 26.4 Å². The second kappa shape index (κ2) is 2.89. The fourth-order valence-electron chi connectivity index (χ4n) is 1.56. The molecule has 2 N–H and O–H groups in total. The molecule has 0 spiro atoms. The van der Waals surface area contributed by atoms with Crippen molar-refractivity contribution in [3.63, 3.8) is 0 Å². The number of likely N-dealkylation sites (tertiary alicyclic amines) is 1. The molecule has 3 unspecified atom stereocenters. The number of hydrogen-bond acceptors (Lipinski definition) is 2. The van der Waals surface area contributed by atoms with Gasteiger partial charge in [-0.05, 0) is 25.3 Å². The summed E-state index contributed by atoms with van der Waals surface area (Å²) in [5.41, 5.74) is 5.86. The Bertz CT molecular complexity index is 87.8. The molecule has 0 aliphatic carbocycles. The van der Waals surface area contributed by atoms with Gasteiger partial charge in [-0.1, -0.05) is 13.8 Å². The van der Waals surface area contributed by atoms with Crippen molar-refractivity contribution in [1.29, 1.82) is 0 Å². The van der Waals surface area contributed by atoms with E-state index in [1.54, 1.807) is 0 Å². The summed E-state index contributed by atoms with van der Waals surface area (Å²) in [5, 5.41) is 0. The van der Waals surface area contributed by atoms with Gasteiger partial charge >= 0.3 is 0 Å². The van der Waals surface area contributed by atoms with Gasteiger partial charge in [0.05, 0.1) is 6.17 Å². The average molecular weight is 142 g/mol. The van der Waals surface area contributed by atoms with E-state index in [1.807, 2.05) is 0 Å². The van der Waals surface area contributed by atoms with Crippen LogP contribution in [0.3, 0.4) is 0 Å². The number of nitrogens with zero attached hydrogens (tertiary/aromatic N) is 1. The van der Waals surface area contributed by atoms with Crippen LogP contribution in [0.5, 0.6) is 0 Å². The minimum absolute atomic E-state index is 0.297. The zero-order chi connectivity index (χ0) is 7.72. The van der Waals surface area contributed by atoms with Crippen molar-refractivity contribution in [2.75, 3.05) is 13.6 Å². The third-order valence-electron chi connectivity index (χ3n) is 2.73. The molecule has 1 fully saturated rings. The molecule has 0 bridgehead atoms. The topological polar surface area (TPSA) is 29.3 Å². The van der Waals surface area contributed by atoms with Crippen LogP contribution in [0.15, 0.2) is 0 Å². The molecular formula is C8H18N2. The fourth-order valence-corrected chi connectivity index (χ4v) is 1.56. The third kappa shape index (κ3) is 1.50. The van der Waals surface area contributed by atoms with E-state index >= 15 is 0 Å². The number of rotatable bonds is 0. The van der Waals surface area contributed by atoms with Crippen molar-refractivity contribution >= 4 is 0 Å². The Hall–Kier alpha value is -0.0800. The monoisotopic (exact) mass is 142 g/mol. The van der Waals surface area contributed by atoms with Crippen molar-refractivity contribution < 1.29 is 0 Å². The summed E-state index contributed by atoms with van der Waals surface area (Å²) in [6.45, 7) is 5.74. The van der Waals surface area contributed by atoms with Crippen molar-refractivity contribution in [3.8, 4) is 0 Å². The van der Waals surface area contributed by atoms with Crippen molar-refractivity contribution in [3.05, 3.63) is 0 Å². The fraction of sp³-hybridized carbons (Fsp3) is 1.00. The Morgan fingerprint density at radius 3 is 2.40 bits per heavy atom. The van der Waals surface area contributed by atoms with E-state index in [0.29, 0.717) is 6.17 Å². The van der Waals surface area contributed by atoms with Gasteiger partial charge in [0.25, 0.3) is 0 Å². The van der Waals surface area contributed by atoms with Gasteiger partial charge in [0.1, 0.15) is 0 Å². The van der Waals surface area contributed by atoms with Gasteiger partial charge in [0.15, 0.2) is 0 Å². The number of hydrogen-bond donors (Lipinski definition) is 1. The van der Waals surface area contributed by atoms with Crippen LogP contribution < -0.4 is 5.73 Å². The summed E-state index contributed by atoms with van der Waals surface area (Å²) < 4.78 is 0. The van der Waals surface area contributed by atoms with Gasteiger partial charge in [-0.2, -0.15) is 0 Å². The van der Waals surface area contributed by atoms with Crippen molar-refractivity contribution in [1.82, 2.24) is 4.90 Å². The quantitative estimate of drug-likeness (QED) is 0.544. The van der Waals surface area contributed by atoms with Gasteiger partial charge in [0.2, 0.25) is 0 Å². The highest BCUT2D eigenvalue weighted by Crippen LogP contribution is 2.23. The average Bonchev–Trinajstić information content (AvgIpc) is 1.84. The summed E-state index contributed by atoms with van der Waals surface area (Å²) in [6.07, 6.45) is 1.45. The first kappa shape index (κ1) is 8.02. The lowest BCUT2D eigenvalue weighted by Gasteiger charge is -2.37. The highest BCUT2D eigenvalue weighted by molar-refractivity contribution is 4.77. The zero-order valence-electron chi connectivity index (χ0n) is 7.17. The smallest absolute Gasteiger partial charge is 0.0571 e. The van der Waals surface area contributed by atoms with Crippen LogP contribution >= 0.6 is 0 Å². The van der Waals surface area contributed by atoms with E-state index in [2.05, 4.69) is 25.8 Å². The molecule has 0 amide bonds. The Morgan fingerprint density at radius 1 is 1.30 bits per heavy atom. The molecular weight excluding hydrogens is 124 g/mol. The van der Waals surface area contributed by atoms with E-state index in [1.165, 1.54) is 0 Å². The zero-order valence-corrected chi connectivity index (χ0v) is 7.17. The largest absolute Gasteiger partial charge is 0.316 e. The molecule has 0 aromatic carbocycles. The van der Waals surface area contributed by atoms with Gasteiger partial charge in [-0.3, -0.25) is 4.90 Å². The lowest BCUT2D eigenvalue weighted by atomic mass is 9.87. The van der Waals surface area contributed by atoms with E-state index < -0.39 is 0 Å². The molecule has 1 saturated heterocycles. The number of piperidine rings is 1. The molecule has 2 nitrogen and oxygen atoms in total. The first-order valence-electron chi connectivity index (χ1n) is 4.07. The SMILES string of the molecule is CC1CC(N)N(C)CC1C. The van der Waals surface area contributed by atoms with Crippen LogP contribution in [0.25, 0.3) is 0 Å².